The Morgan fingerprint density at radius 3 is 2.52 bits per heavy atom. The number of fused-ring (bicyclic) bond motifs is 1. The second-order valence-electron chi connectivity index (χ2n) is 4.54. The Kier molecular flexibility index (Phi) is 3.51. The normalized spacial score (nSPS) is 10.7. The van der Waals surface area contributed by atoms with Gasteiger partial charge in [-0.1, -0.05) is 30.3 Å². The first kappa shape index (κ1) is 13.1. The van der Waals surface area contributed by atoms with Crippen LogP contribution in [0, 0.1) is 0 Å². The molecule has 0 fully saturated rings. The van der Waals surface area contributed by atoms with E-state index in [0.717, 1.165) is 6.42 Å². The van der Waals surface area contributed by atoms with E-state index >= 15 is 0 Å². The van der Waals surface area contributed by atoms with E-state index in [2.05, 4.69) is 15.0 Å². The summed E-state index contributed by atoms with van der Waals surface area (Å²) in [5.74, 6) is 0.404. The van der Waals surface area contributed by atoms with Crippen molar-refractivity contribution in [3.63, 3.8) is 0 Å². The zero-order chi connectivity index (χ0) is 14.7. The molecule has 0 bridgehead atoms. The molecule has 6 nitrogen and oxygen atoms in total. The van der Waals surface area contributed by atoms with E-state index in [1.807, 2.05) is 30.3 Å². The molecule has 0 aliphatic rings. The largest absolute Gasteiger partial charge is 0.477 e. The minimum atomic E-state index is -0.726. The van der Waals surface area contributed by atoms with Gasteiger partial charge >= 0.3 is 11.1 Å². The molecule has 0 radical (unpaired) electrons. The maximum Gasteiger partial charge on any atom is 0.315 e. The first-order chi connectivity index (χ1) is 10.2. The number of hydrogen-bond acceptors (Lipinski definition) is 4. The summed E-state index contributed by atoms with van der Waals surface area (Å²) in [6.07, 6.45) is 0.767. The van der Waals surface area contributed by atoms with Crippen LogP contribution in [-0.4, -0.2) is 21.6 Å². The van der Waals surface area contributed by atoms with E-state index in [0.29, 0.717) is 23.7 Å². The molecule has 0 spiro atoms. The van der Waals surface area contributed by atoms with Gasteiger partial charge < -0.3 is 14.7 Å². The molecule has 2 aromatic heterocycles. The molecule has 0 aliphatic carbocycles. The summed E-state index contributed by atoms with van der Waals surface area (Å²) in [6, 6.07) is 13.3. The molecule has 2 N–H and O–H groups in total. The van der Waals surface area contributed by atoms with E-state index in [-0.39, 0.29) is 0 Å². The lowest BCUT2D eigenvalue weighted by molar-refractivity contribution is 0.310. The minimum absolute atomic E-state index is 0.303. The van der Waals surface area contributed by atoms with E-state index in [4.69, 9.17) is 4.74 Å². The maximum absolute atomic E-state index is 11.3. The molecule has 0 amide bonds. The third-order valence-electron chi connectivity index (χ3n) is 3.04. The number of benzene rings is 1. The number of nitrogens with one attached hydrogen (secondary N) is 2. The molecule has 0 unspecified atom stereocenters. The number of rotatable bonds is 4. The van der Waals surface area contributed by atoms with Crippen molar-refractivity contribution in [1.29, 1.82) is 0 Å². The maximum atomic E-state index is 11.3. The van der Waals surface area contributed by atoms with Gasteiger partial charge in [0.05, 0.1) is 12.1 Å². The van der Waals surface area contributed by atoms with Crippen LogP contribution in [0.1, 0.15) is 5.56 Å². The summed E-state index contributed by atoms with van der Waals surface area (Å²) in [6.45, 7) is 0.482. The number of pyridine rings is 1. The van der Waals surface area contributed by atoms with Gasteiger partial charge in [0.25, 0.3) is 0 Å². The van der Waals surface area contributed by atoms with Crippen LogP contribution in [0.2, 0.25) is 0 Å². The quantitative estimate of drug-likeness (QED) is 0.705. The third kappa shape index (κ3) is 3.00. The van der Waals surface area contributed by atoms with Gasteiger partial charge in [0, 0.05) is 12.5 Å². The zero-order valence-corrected chi connectivity index (χ0v) is 11.1. The van der Waals surface area contributed by atoms with Crippen LogP contribution in [-0.2, 0) is 6.42 Å². The topological polar surface area (TPSA) is 87.8 Å². The molecule has 3 rings (SSSR count). The molecule has 2 heterocycles. The molecule has 0 saturated heterocycles. The van der Waals surface area contributed by atoms with Gasteiger partial charge in [-0.05, 0) is 11.6 Å². The zero-order valence-electron chi connectivity index (χ0n) is 11.1. The summed E-state index contributed by atoms with van der Waals surface area (Å²) >= 11 is 0. The van der Waals surface area contributed by atoms with Crippen molar-refractivity contribution in [2.45, 2.75) is 6.42 Å². The number of aromatic amines is 2. The third-order valence-corrected chi connectivity index (χ3v) is 3.04. The summed E-state index contributed by atoms with van der Waals surface area (Å²) in [4.78, 5) is 31.5. The van der Waals surface area contributed by atoms with Gasteiger partial charge in [0.15, 0.2) is 5.65 Å². The van der Waals surface area contributed by atoms with Crippen LogP contribution < -0.4 is 15.9 Å². The molecule has 1 aromatic carbocycles. The predicted molar refractivity (Wildman–Crippen MR) is 78.6 cm³/mol. The molecule has 3 aromatic rings. The lowest BCUT2D eigenvalue weighted by Gasteiger charge is -2.06. The average molecular weight is 283 g/mol. The van der Waals surface area contributed by atoms with Crippen molar-refractivity contribution in [3.05, 3.63) is 68.7 Å². The number of hydrogen-bond donors (Lipinski definition) is 2. The first-order valence-electron chi connectivity index (χ1n) is 6.52. The fourth-order valence-electron chi connectivity index (χ4n) is 1.98. The average Bonchev–Trinajstić information content (AvgIpc) is 2.50. The lowest BCUT2D eigenvalue weighted by atomic mass is 10.2. The smallest absolute Gasteiger partial charge is 0.315 e. The Labute approximate surface area is 119 Å². The number of nitrogens with zero attached hydrogens (tertiary/aromatic N) is 1. The highest BCUT2D eigenvalue weighted by atomic mass is 16.5. The van der Waals surface area contributed by atoms with Gasteiger partial charge in [0.1, 0.15) is 0 Å². The number of aromatic nitrogens is 3. The molecule has 0 aliphatic heterocycles. The Balaban J connectivity index is 1.74. The van der Waals surface area contributed by atoms with Gasteiger partial charge in [-0.15, -0.1) is 0 Å². The van der Waals surface area contributed by atoms with Crippen LogP contribution in [0.15, 0.2) is 52.1 Å². The minimum Gasteiger partial charge on any atom is -0.477 e. The number of H-pyrrole nitrogens is 2. The Morgan fingerprint density at radius 1 is 0.952 bits per heavy atom. The Hall–Kier alpha value is -2.89. The molecule has 21 heavy (non-hydrogen) atoms. The highest BCUT2D eigenvalue weighted by Crippen LogP contribution is 2.11. The van der Waals surface area contributed by atoms with Gasteiger partial charge in [-0.2, -0.15) is 4.98 Å². The van der Waals surface area contributed by atoms with E-state index in [1.54, 1.807) is 12.1 Å². The van der Waals surface area contributed by atoms with Crippen molar-refractivity contribution >= 4 is 11.2 Å². The second kappa shape index (κ2) is 5.62. The highest BCUT2D eigenvalue weighted by Gasteiger charge is 2.03. The molecule has 0 atom stereocenters. The van der Waals surface area contributed by atoms with Crippen molar-refractivity contribution in [2.75, 3.05) is 6.61 Å². The summed E-state index contributed by atoms with van der Waals surface area (Å²) in [7, 11) is 0. The highest BCUT2D eigenvalue weighted by molar-refractivity contribution is 5.69. The fourth-order valence-corrected chi connectivity index (χ4v) is 1.98. The van der Waals surface area contributed by atoms with Crippen molar-refractivity contribution in [2.24, 2.45) is 0 Å². The van der Waals surface area contributed by atoms with Crippen molar-refractivity contribution in [1.82, 2.24) is 15.0 Å². The summed E-state index contributed by atoms with van der Waals surface area (Å²) in [5, 5.41) is 0. The van der Waals surface area contributed by atoms with Crippen LogP contribution in [0.5, 0.6) is 5.88 Å². The predicted octanol–water partition coefficient (Wildman–Crippen LogP) is 1.23. The van der Waals surface area contributed by atoms with Gasteiger partial charge in [-0.25, -0.2) is 0 Å². The first-order valence-corrected chi connectivity index (χ1v) is 6.52. The molecule has 6 heteroatoms. The van der Waals surface area contributed by atoms with E-state index < -0.39 is 11.1 Å². The monoisotopic (exact) mass is 283 g/mol. The molecule has 0 saturated carbocycles. The van der Waals surface area contributed by atoms with Gasteiger partial charge in [0.2, 0.25) is 5.88 Å². The molecule has 106 valence electrons. The van der Waals surface area contributed by atoms with Crippen LogP contribution >= 0.6 is 0 Å². The SMILES string of the molecule is O=c1[nH]c2ccc(OCCc3ccccc3)nc2[nH]c1=O. The standard InChI is InChI=1S/C15H13N3O3/c19-14-15(20)18-13-11(16-14)6-7-12(17-13)21-9-8-10-4-2-1-3-5-10/h1-7H,8-9H2,(H,16,19)(H,17,18,20). The summed E-state index contributed by atoms with van der Waals surface area (Å²) < 4.78 is 5.56. The molecular formula is C15H13N3O3. The van der Waals surface area contributed by atoms with Crippen LogP contribution in [0.3, 0.4) is 0 Å². The summed E-state index contributed by atoms with van der Waals surface area (Å²) in [5.41, 5.74) is 0.529. The van der Waals surface area contributed by atoms with Crippen LogP contribution in [0.4, 0.5) is 0 Å². The van der Waals surface area contributed by atoms with Gasteiger partial charge in [-0.3, -0.25) is 9.59 Å². The second-order valence-corrected chi connectivity index (χ2v) is 4.54. The Morgan fingerprint density at radius 2 is 1.71 bits per heavy atom. The number of ether oxygens (including phenoxy) is 1. The van der Waals surface area contributed by atoms with E-state index in [1.165, 1.54) is 5.56 Å². The fraction of sp³-hybridized carbons (Fsp3) is 0.133. The lowest BCUT2D eigenvalue weighted by Crippen LogP contribution is -2.29. The van der Waals surface area contributed by atoms with Crippen molar-refractivity contribution < 1.29 is 4.74 Å². The molecular weight excluding hydrogens is 270 g/mol. The Bertz CT molecular complexity index is 868. The van der Waals surface area contributed by atoms with Crippen molar-refractivity contribution in [3.8, 4) is 5.88 Å². The van der Waals surface area contributed by atoms with Crippen LogP contribution in [0.25, 0.3) is 11.2 Å². The van der Waals surface area contributed by atoms with E-state index in [9.17, 15) is 9.59 Å².